The van der Waals surface area contributed by atoms with Crippen LogP contribution < -0.4 is 0 Å². The molecule has 2 heteroatoms. The minimum absolute atomic E-state index is 0.0984. The summed E-state index contributed by atoms with van der Waals surface area (Å²) < 4.78 is 0. The van der Waals surface area contributed by atoms with Crippen molar-refractivity contribution < 1.29 is 5.11 Å². The molecule has 0 radical (unpaired) electrons. The largest absolute Gasteiger partial charge is 0.396 e. The molecule has 2 nitrogen and oxygen atoms in total. The fraction of sp³-hybridized carbons (Fsp3) is 0.429. The van der Waals surface area contributed by atoms with Crippen LogP contribution in [-0.2, 0) is 5.54 Å². The van der Waals surface area contributed by atoms with Crippen molar-refractivity contribution in [2.45, 2.75) is 44.2 Å². The van der Waals surface area contributed by atoms with Crippen molar-refractivity contribution in [1.82, 2.24) is 4.90 Å². The average Bonchev–Trinajstić information content (AvgIpc) is 3.07. The van der Waals surface area contributed by atoms with Gasteiger partial charge in [-0.3, -0.25) is 4.90 Å². The fourth-order valence-electron chi connectivity index (χ4n) is 4.32. The third-order valence-corrected chi connectivity index (χ3v) is 5.34. The molecule has 1 N–H and O–H groups in total. The molecule has 0 aromatic heterocycles. The number of nitrogens with zero attached hydrogens (tertiary/aromatic N) is 1. The lowest BCUT2D eigenvalue weighted by Gasteiger charge is -2.46. The summed E-state index contributed by atoms with van der Waals surface area (Å²) in [6.45, 7) is 3.65. The number of hydrogen-bond acceptors (Lipinski definition) is 2. The second kappa shape index (κ2) is 7.29. The molecule has 1 atom stereocenters. The van der Waals surface area contributed by atoms with E-state index in [-0.39, 0.29) is 12.1 Å². The van der Waals surface area contributed by atoms with Gasteiger partial charge in [0.15, 0.2) is 0 Å². The lowest BCUT2D eigenvalue weighted by atomic mass is 9.78. The highest BCUT2D eigenvalue weighted by Gasteiger charge is 2.43. The van der Waals surface area contributed by atoms with Crippen molar-refractivity contribution in [3.8, 4) is 0 Å². The molecule has 23 heavy (non-hydrogen) atoms. The molecule has 1 aliphatic rings. The molecule has 0 amide bonds. The first-order valence-corrected chi connectivity index (χ1v) is 8.81. The predicted molar refractivity (Wildman–Crippen MR) is 95.4 cm³/mol. The first-order valence-electron chi connectivity index (χ1n) is 8.81. The van der Waals surface area contributed by atoms with Crippen molar-refractivity contribution in [2.75, 3.05) is 13.2 Å². The number of rotatable bonds is 6. The Kier molecular flexibility index (Phi) is 5.14. The van der Waals surface area contributed by atoms with Crippen molar-refractivity contribution in [1.29, 1.82) is 0 Å². The maximum atomic E-state index is 9.50. The summed E-state index contributed by atoms with van der Waals surface area (Å²) >= 11 is 0. The van der Waals surface area contributed by atoms with Gasteiger partial charge in [-0.1, -0.05) is 67.6 Å². The molecule has 1 heterocycles. The Morgan fingerprint density at radius 2 is 1.57 bits per heavy atom. The van der Waals surface area contributed by atoms with E-state index in [1.54, 1.807) is 0 Å². The third-order valence-electron chi connectivity index (χ3n) is 5.34. The highest BCUT2D eigenvalue weighted by Crippen LogP contribution is 2.43. The molecule has 1 fully saturated rings. The van der Waals surface area contributed by atoms with Crippen LogP contribution >= 0.6 is 0 Å². The van der Waals surface area contributed by atoms with Gasteiger partial charge in [-0.15, -0.1) is 0 Å². The van der Waals surface area contributed by atoms with E-state index in [0.29, 0.717) is 6.04 Å². The minimum Gasteiger partial charge on any atom is -0.396 e. The molecule has 2 aromatic rings. The molecule has 1 aliphatic heterocycles. The van der Waals surface area contributed by atoms with Crippen LogP contribution in [0.1, 0.15) is 43.7 Å². The molecule has 1 saturated heterocycles. The zero-order valence-electron chi connectivity index (χ0n) is 14.0. The zero-order valence-corrected chi connectivity index (χ0v) is 14.0. The lowest BCUT2D eigenvalue weighted by molar-refractivity contribution is 0.0860. The van der Waals surface area contributed by atoms with Gasteiger partial charge in [0.25, 0.3) is 0 Å². The van der Waals surface area contributed by atoms with E-state index in [4.69, 9.17) is 0 Å². The molecular formula is C21H27NO. The first kappa shape index (κ1) is 16.2. The summed E-state index contributed by atoms with van der Waals surface area (Å²) in [6.07, 6.45) is 4.29. The Bertz CT molecular complexity index is 556. The van der Waals surface area contributed by atoms with Crippen LogP contribution in [0.5, 0.6) is 0 Å². The maximum absolute atomic E-state index is 9.50. The van der Waals surface area contributed by atoms with Crippen molar-refractivity contribution in [3.63, 3.8) is 0 Å². The Hall–Kier alpha value is -1.64. The van der Waals surface area contributed by atoms with Crippen LogP contribution in [0.25, 0.3) is 0 Å². The normalized spacial score (nSPS) is 19.1. The van der Waals surface area contributed by atoms with E-state index in [2.05, 4.69) is 72.5 Å². The van der Waals surface area contributed by atoms with E-state index >= 15 is 0 Å². The number of aliphatic hydroxyl groups excluding tert-OH is 1. The quantitative estimate of drug-likeness (QED) is 0.865. The van der Waals surface area contributed by atoms with Gasteiger partial charge in [0, 0.05) is 12.6 Å². The van der Waals surface area contributed by atoms with E-state index in [1.807, 2.05) is 0 Å². The zero-order chi connectivity index (χ0) is 16.1. The van der Waals surface area contributed by atoms with Gasteiger partial charge >= 0.3 is 0 Å². The second-order valence-corrected chi connectivity index (χ2v) is 6.45. The summed E-state index contributed by atoms with van der Waals surface area (Å²) in [4.78, 5) is 2.65. The highest BCUT2D eigenvalue weighted by molar-refractivity contribution is 5.39. The fourth-order valence-corrected chi connectivity index (χ4v) is 4.32. The molecule has 3 rings (SSSR count). The summed E-state index contributed by atoms with van der Waals surface area (Å²) in [5, 5.41) is 9.50. The first-order chi connectivity index (χ1) is 11.3. The molecule has 0 bridgehead atoms. The standard InChI is InChI=1S/C21H27NO/c1-2-21(18-10-5-3-6-11-18,19-12-7-4-8-13-19)22-16-9-14-20(22)15-17-23/h3-8,10-13,20,23H,2,9,14-17H2,1H3. The molecular weight excluding hydrogens is 282 g/mol. The number of aliphatic hydroxyl groups is 1. The second-order valence-electron chi connectivity index (χ2n) is 6.45. The SMILES string of the molecule is CCC(c1ccccc1)(c1ccccc1)N1CCCC1CCO. The van der Waals surface area contributed by atoms with Gasteiger partial charge in [0.1, 0.15) is 0 Å². The van der Waals surface area contributed by atoms with Crippen LogP contribution in [0, 0.1) is 0 Å². The Morgan fingerprint density at radius 1 is 1.00 bits per heavy atom. The summed E-state index contributed by atoms with van der Waals surface area (Å²) in [5.41, 5.74) is 2.62. The van der Waals surface area contributed by atoms with Gasteiger partial charge < -0.3 is 5.11 Å². The minimum atomic E-state index is -0.0984. The van der Waals surface area contributed by atoms with E-state index in [0.717, 1.165) is 19.4 Å². The lowest BCUT2D eigenvalue weighted by Crippen LogP contribution is -2.49. The Labute approximate surface area is 139 Å². The van der Waals surface area contributed by atoms with Gasteiger partial charge in [0.05, 0.1) is 5.54 Å². The molecule has 0 spiro atoms. The van der Waals surface area contributed by atoms with Crippen molar-refractivity contribution >= 4 is 0 Å². The summed E-state index contributed by atoms with van der Waals surface area (Å²) in [7, 11) is 0. The van der Waals surface area contributed by atoms with E-state index < -0.39 is 0 Å². The van der Waals surface area contributed by atoms with Gasteiger partial charge in [-0.25, -0.2) is 0 Å². The summed E-state index contributed by atoms with van der Waals surface area (Å²) in [5.74, 6) is 0. The Morgan fingerprint density at radius 3 is 2.04 bits per heavy atom. The third kappa shape index (κ3) is 2.93. The van der Waals surface area contributed by atoms with Crippen LogP contribution in [-0.4, -0.2) is 29.2 Å². The Balaban J connectivity index is 2.13. The van der Waals surface area contributed by atoms with Crippen LogP contribution in [0.4, 0.5) is 0 Å². The molecule has 0 saturated carbocycles. The van der Waals surface area contributed by atoms with Gasteiger partial charge in [0.2, 0.25) is 0 Å². The monoisotopic (exact) mass is 309 g/mol. The summed E-state index contributed by atoms with van der Waals surface area (Å²) in [6, 6.07) is 22.2. The van der Waals surface area contributed by atoms with Crippen molar-refractivity contribution in [3.05, 3.63) is 71.8 Å². The molecule has 1 unspecified atom stereocenters. The maximum Gasteiger partial charge on any atom is 0.0715 e. The number of likely N-dealkylation sites (tertiary alicyclic amines) is 1. The smallest absolute Gasteiger partial charge is 0.0715 e. The van der Waals surface area contributed by atoms with Crippen LogP contribution in [0.15, 0.2) is 60.7 Å². The van der Waals surface area contributed by atoms with Gasteiger partial charge in [-0.05, 0) is 43.4 Å². The van der Waals surface area contributed by atoms with E-state index in [9.17, 15) is 5.11 Å². The molecule has 2 aromatic carbocycles. The topological polar surface area (TPSA) is 23.5 Å². The number of hydrogen-bond donors (Lipinski definition) is 1. The van der Waals surface area contributed by atoms with Crippen molar-refractivity contribution in [2.24, 2.45) is 0 Å². The average molecular weight is 309 g/mol. The molecule has 122 valence electrons. The van der Waals surface area contributed by atoms with Crippen LogP contribution in [0.2, 0.25) is 0 Å². The highest BCUT2D eigenvalue weighted by atomic mass is 16.3. The molecule has 0 aliphatic carbocycles. The van der Waals surface area contributed by atoms with E-state index in [1.165, 1.54) is 24.0 Å². The van der Waals surface area contributed by atoms with Gasteiger partial charge in [-0.2, -0.15) is 0 Å². The predicted octanol–water partition coefficient (Wildman–Crippen LogP) is 4.19. The van der Waals surface area contributed by atoms with Crippen LogP contribution in [0.3, 0.4) is 0 Å². The number of benzene rings is 2.